The van der Waals surface area contributed by atoms with Crippen molar-refractivity contribution in [3.05, 3.63) is 0 Å². The second-order valence-corrected chi connectivity index (χ2v) is 5.64. The molecule has 0 aromatic carbocycles. The van der Waals surface area contributed by atoms with Gasteiger partial charge in [-0.25, -0.2) is 0 Å². The molecule has 0 spiro atoms. The Labute approximate surface area is 130 Å². The number of nitrogens with one attached hydrogen (secondary N) is 1. The standard InChI is InChI=1S/C12H14F9NO2/c13-9(14,15)5-22-8(23)6-1-3-7(4-2-6)10(24,11(16,17)18)12(19,20)21/h6-7,24H,1-5H2,(H,22,23). The van der Waals surface area contributed by atoms with Crippen molar-refractivity contribution in [2.24, 2.45) is 11.8 Å². The van der Waals surface area contributed by atoms with E-state index < -0.39 is 74.1 Å². The van der Waals surface area contributed by atoms with E-state index in [1.807, 2.05) is 0 Å². The molecule has 0 radical (unpaired) electrons. The largest absolute Gasteiger partial charge is 0.426 e. The second kappa shape index (κ2) is 6.60. The van der Waals surface area contributed by atoms with E-state index in [2.05, 4.69) is 0 Å². The lowest BCUT2D eigenvalue weighted by Gasteiger charge is -2.41. The molecule has 0 aromatic rings. The van der Waals surface area contributed by atoms with Crippen LogP contribution in [-0.4, -0.2) is 41.7 Å². The Morgan fingerprint density at radius 2 is 1.29 bits per heavy atom. The van der Waals surface area contributed by atoms with Gasteiger partial charge in [0, 0.05) is 11.8 Å². The van der Waals surface area contributed by atoms with Crippen LogP contribution in [0, 0.1) is 11.8 Å². The van der Waals surface area contributed by atoms with Crippen LogP contribution in [0.25, 0.3) is 0 Å². The van der Waals surface area contributed by atoms with Crippen molar-refractivity contribution in [3.8, 4) is 0 Å². The smallest absolute Gasteiger partial charge is 0.373 e. The summed E-state index contributed by atoms with van der Waals surface area (Å²) in [6.07, 6.45) is -19.1. The van der Waals surface area contributed by atoms with Crippen molar-refractivity contribution in [2.75, 3.05) is 6.54 Å². The molecule has 1 rings (SSSR count). The van der Waals surface area contributed by atoms with Crippen LogP contribution in [0.4, 0.5) is 39.5 Å². The van der Waals surface area contributed by atoms with Crippen molar-refractivity contribution < 1.29 is 49.4 Å². The number of amides is 1. The van der Waals surface area contributed by atoms with Gasteiger partial charge in [0.25, 0.3) is 5.60 Å². The van der Waals surface area contributed by atoms with Gasteiger partial charge in [0.2, 0.25) is 5.91 Å². The Morgan fingerprint density at radius 1 is 0.875 bits per heavy atom. The highest BCUT2D eigenvalue weighted by Gasteiger charge is 2.73. The van der Waals surface area contributed by atoms with Crippen LogP contribution in [0.5, 0.6) is 0 Å². The summed E-state index contributed by atoms with van der Waals surface area (Å²) >= 11 is 0. The molecule has 2 N–H and O–H groups in total. The van der Waals surface area contributed by atoms with Gasteiger partial charge < -0.3 is 10.4 Å². The van der Waals surface area contributed by atoms with Gasteiger partial charge in [0.15, 0.2) is 0 Å². The van der Waals surface area contributed by atoms with Crippen LogP contribution in [-0.2, 0) is 4.79 Å². The summed E-state index contributed by atoms with van der Waals surface area (Å²) in [7, 11) is 0. The second-order valence-electron chi connectivity index (χ2n) is 5.64. The number of carbonyl (C=O) groups is 1. The number of rotatable bonds is 3. The van der Waals surface area contributed by atoms with E-state index in [9.17, 15) is 49.4 Å². The summed E-state index contributed by atoms with van der Waals surface area (Å²) in [6, 6.07) is 0. The fourth-order valence-corrected chi connectivity index (χ4v) is 2.73. The highest BCUT2D eigenvalue weighted by atomic mass is 19.4. The van der Waals surface area contributed by atoms with Crippen LogP contribution in [0.3, 0.4) is 0 Å². The minimum Gasteiger partial charge on any atom is -0.373 e. The molecule has 0 atom stereocenters. The third kappa shape index (κ3) is 4.45. The Kier molecular flexibility index (Phi) is 5.73. The third-order valence-corrected chi connectivity index (χ3v) is 4.02. The Bertz CT molecular complexity index is 433. The maximum atomic E-state index is 12.7. The molecule has 1 amide bonds. The first kappa shape index (κ1) is 20.8. The topological polar surface area (TPSA) is 49.3 Å². The van der Waals surface area contributed by atoms with Crippen LogP contribution < -0.4 is 5.32 Å². The molecule has 142 valence electrons. The summed E-state index contributed by atoms with van der Waals surface area (Å²) < 4.78 is 112. The molecule has 1 aliphatic rings. The molecule has 1 saturated carbocycles. The SMILES string of the molecule is O=C(NCC(F)(F)F)C1CCC(C(O)(C(F)(F)F)C(F)(F)F)CC1. The predicted octanol–water partition coefficient (Wildman–Crippen LogP) is 3.33. The number of hydrogen-bond acceptors (Lipinski definition) is 2. The van der Waals surface area contributed by atoms with Gasteiger partial charge >= 0.3 is 18.5 Å². The molecule has 1 fully saturated rings. The minimum atomic E-state index is -5.96. The van der Waals surface area contributed by atoms with E-state index in [0.29, 0.717) is 0 Å². The Hall–Kier alpha value is -1.20. The summed E-state index contributed by atoms with van der Waals surface area (Å²) in [4.78, 5) is 11.5. The van der Waals surface area contributed by atoms with E-state index in [0.717, 1.165) is 0 Å². The average molecular weight is 375 g/mol. The predicted molar refractivity (Wildman–Crippen MR) is 61.6 cm³/mol. The van der Waals surface area contributed by atoms with Crippen molar-refractivity contribution in [3.63, 3.8) is 0 Å². The van der Waals surface area contributed by atoms with Crippen molar-refractivity contribution >= 4 is 5.91 Å². The molecular formula is C12H14F9NO2. The average Bonchev–Trinajstić information content (AvgIpc) is 2.40. The van der Waals surface area contributed by atoms with Gasteiger partial charge in [-0.2, -0.15) is 39.5 Å². The zero-order valence-electron chi connectivity index (χ0n) is 11.9. The van der Waals surface area contributed by atoms with Crippen LogP contribution in [0.15, 0.2) is 0 Å². The van der Waals surface area contributed by atoms with E-state index in [4.69, 9.17) is 0 Å². The Morgan fingerprint density at radius 3 is 1.62 bits per heavy atom. The zero-order valence-corrected chi connectivity index (χ0v) is 11.9. The molecule has 1 aliphatic carbocycles. The maximum absolute atomic E-state index is 12.7. The molecule has 0 unspecified atom stereocenters. The zero-order chi connectivity index (χ0) is 19.0. The van der Waals surface area contributed by atoms with E-state index in [1.165, 1.54) is 5.32 Å². The van der Waals surface area contributed by atoms with Crippen molar-refractivity contribution in [1.82, 2.24) is 5.32 Å². The molecular weight excluding hydrogens is 361 g/mol. The lowest BCUT2D eigenvalue weighted by molar-refractivity contribution is -0.387. The van der Waals surface area contributed by atoms with E-state index in [1.54, 1.807) is 0 Å². The lowest BCUT2D eigenvalue weighted by atomic mass is 9.72. The van der Waals surface area contributed by atoms with Crippen LogP contribution in [0.2, 0.25) is 0 Å². The monoisotopic (exact) mass is 375 g/mol. The fourth-order valence-electron chi connectivity index (χ4n) is 2.73. The fraction of sp³-hybridized carbons (Fsp3) is 0.917. The number of hydrogen-bond donors (Lipinski definition) is 2. The van der Waals surface area contributed by atoms with Gasteiger partial charge in [-0.15, -0.1) is 0 Å². The highest BCUT2D eigenvalue weighted by molar-refractivity contribution is 5.78. The molecule has 0 bridgehead atoms. The van der Waals surface area contributed by atoms with E-state index >= 15 is 0 Å². The van der Waals surface area contributed by atoms with Gasteiger partial charge in [-0.1, -0.05) is 0 Å². The van der Waals surface area contributed by atoms with E-state index in [-0.39, 0.29) is 0 Å². The number of aliphatic hydroxyl groups is 1. The molecule has 12 heteroatoms. The number of alkyl halides is 9. The first-order chi connectivity index (χ1) is 10.6. The first-order valence-electron chi connectivity index (χ1n) is 6.80. The molecule has 0 aromatic heterocycles. The van der Waals surface area contributed by atoms with Crippen LogP contribution >= 0.6 is 0 Å². The normalized spacial score (nSPS) is 23.9. The van der Waals surface area contributed by atoms with Gasteiger partial charge in [0.05, 0.1) is 0 Å². The summed E-state index contributed by atoms with van der Waals surface area (Å²) in [6.45, 7) is -1.64. The van der Waals surface area contributed by atoms with Gasteiger partial charge in [-0.05, 0) is 25.7 Å². The molecule has 24 heavy (non-hydrogen) atoms. The van der Waals surface area contributed by atoms with Crippen molar-refractivity contribution in [1.29, 1.82) is 0 Å². The minimum absolute atomic E-state index is 0.483. The van der Waals surface area contributed by atoms with Gasteiger partial charge in [0.1, 0.15) is 6.54 Å². The van der Waals surface area contributed by atoms with Crippen molar-refractivity contribution in [2.45, 2.75) is 49.8 Å². The quantitative estimate of drug-likeness (QED) is 0.744. The molecule has 0 saturated heterocycles. The van der Waals surface area contributed by atoms with Crippen LogP contribution in [0.1, 0.15) is 25.7 Å². The number of carbonyl (C=O) groups excluding carboxylic acids is 1. The molecule has 0 heterocycles. The maximum Gasteiger partial charge on any atom is 0.426 e. The highest BCUT2D eigenvalue weighted by Crippen LogP contribution is 2.52. The summed E-state index contributed by atoms with van der Waals surface area (Å²) in [5, 5.41) is 10.8. The summed E-state index contributed by atoms with van der Waals surface area (Å²) in [5.41, 5.74) is -4.91. The van der Waals surface area contributed by atoms with Gasteiger partial charge in [-0.3, -0.25) is 4.79 Å². The first-order valence-corrected chi connectivity index (χ1v) is 6.80. The molecule has 3 nitrogen and oxygen atoms in total. The summed E-state index contributed by atoms with van der Waals surface area (Å²) in [5.74, 6) is -4.44. The third-order valence-electron chi connectivity index (χ3n) is 4.02. The lowest BCUT2D eigenvalue weighted by Crippen LogP contribution is -2.62. The Balaban J connectivity index is 2.75. The number of halogens is 9. The molecule has 0 aliphatic heterocycles.